The molecular formula is C20H20N4O2. The Balaban J connectivity index is 1.42. The van der Waals surface area contributed by atoms with E-state index in [2.05, 4.69) is 20.4 Å². The lowest BCUT2D eigenvalue weighted by atomic mass is 10.1. The van der Waals surface area contributed by atoms with Gasteiger partial charge >= 0.3 is 0 Å². The van der Waals surface area contributed by atoms with E-state index in [4.69, 9.17) is 4.52 Å². The average Bonchev–Trinajstić information content (AvgIpc) is 3.39. The fraction of sp³-hybridized carbons (Fsp3) is 0.300. The number of hydrogen-bond acceptors (Lipinski definition) is 5. The van der Waals surface area contributed by atoms with Gasteiger partial charge in [-0.05, 0) is 37.5 Å². The van der Waals surface area contributed by atoms with Crippen LogP contribution in [0, 0.1) is 0 Å². The van der Waals surface area contributed by atoms with Crippen molar-refractivity contribution in [2.24, 2.45) is 0 Å². The number of rotatable bonds is 6. The Morgan fingerprint density at radius 3 is 2.85 bits per heavy atom. The van der Waals surface area contributed by atoms with Crippen LogP contribution in [-0.2, 0) is 11.2 Å². The standard InChI is InChI=1S/C20H20N4O2/c1-13(22-18(25)11-14-5-3-2-4-6-14)20-23-19(24-26-20)16-9-10-21-17(12-16)15-7-8-15/h2-6,9-10,12-13,15H,7-8,11H2,1H3,(H,22,25)/t13-/m0/s1. The predicted octanol–water partition coefficient (Wildman–Crippen LogP) is 3.43. The molecule has 6 heteroatoms. The zero-order valence-electron chi connectivity index (χ0n) is 14.6. The molecule has 2 heterocycles. The second-order valence-electron chi connectivity index (χ2n) is 6.65. The topological polar surface area (TPSA) is 80.9 Å². The first-order valence-corrected chi connectivity index (χ1v) is 8.82. The summed E-state index contributed by atoms with van der Waals surface area (Å²) in [5, 5.41) is 6.96. The van der Waals surface area contributed by atoms with Crippen molar-refractivity contribution in [3.05, 3.63) is 65.8 Å². The van der Waals surface area contributed by atoms with Crippen LogP contribution in [0.5, 0.6) is 0 Å². The van der Waals surface area contributed by atoms with Crippen LogP contribution in [0.25, 0.3) is 11.4 Å². The van der Waals surface area contributed by atoms with Crippen LogP contribution >= 0.6 is 0 Å². The molecule has 1 N–H and O–H groups in total. The van der Waals surface area contributed by atoms with Gasteiger partial charge in [-0.15, -0.1) is 0 Å². The summed E-state index contributed by atoms with van der Waals surface area (Å²) < 4.78 is 5.35. The summed E-state index contributed by atoms with van der Waals surface area (Å²) in [6.45, 7) is 1.84. The predicted molar refractivity (Wildman–Crippen MR) is 96.2 cm³/mol. The van der Waals surface area contributed by atoms with Gasteiger partial charge in [-0.3, -0.25) is 9.78 Å². The molecule has 4 rings (SSSR count). The van der Waals surface area contributed by atoms with Crippen LogP contribution in [0.2, 0.25) is 0 Å². The van der Waals surface area contributed by atoms with Gasteiger partial charge in [-0.25, -0.2) is 0 Å². The molecular weight excluding hydrogens is 328 g/mol. The Kier molecular flexibility index (Phi) is 4.48. The van der Waals surface area contributed by atoms with Crippen molar-refractivity contribution >= 4 is 5.91 Å². The van der Waals surface area contributed by atoms with Crippen LogP contribution in [0.4, 0.5) is 0 Å². The van der Waals surface area contributed by atoms with Crippen LogP contribution in [0.3, 0.4) is 0 Å². The molecule has 1 fully saturated rings. The van der Waals surface area contributed by atoms with Gasteiger partial charge in [0.15, 0.2) is 0 Å². The summed E-state index contributed by atoms with van der Waals surface area (Å²) in [5.41, 5.74) is 2.94. The molecule has 0 saturated heterocycles. The number of nitrogens with zero attached hydrogens (tertiary/aromatic N) is 3. The number of nitrogens with one attached hydrogen (secondary N) is 1. The third-order valence-corrected chi connectivity index (χ3v) is 4.43. The van der Waals surface area contributed by atoms with Crippen molar-refractivity contribution in [2.75, 3.05) is 0 Å². The third kappa shape index (κ3) is 3.79. The number of amides is 1. The smallest absolute Gasteiger partial charge is 0.249 e. The van der Waals surface area contributed by atoms with E-state index >= 15 is 0 Å². The molecule has 132 valence electrons. The van der Waals surface area contributed by atoms with Gasteiger partial charge < -0.3 is 9.84 Å². The maximum atomic E-state index is 12.2. The Hall–Kier alpha value is -3.02. The first kappa shape index (κ1) is 16.4. The minimum Gasteiger partial charge on any atom is -0.344 e. The number of aromatic nitrogens is 3. The second-order valence-corrected chi connectivity index (χ2v) is 6.65. The molecule has 1 aliphatic rings. The second kappa shape index (κ2) is 7.07. The highest BCUT2D eigenvalue weighted by atomic mass is 16.5. The molecule has 3 aromatic rings. The molecule has 1 atom stereocenters. The van der Waals surface area contributed by atoms with Crippen LogP contribution in [0.1, 0.15) is 48.9 Å². The van der Waals surface area contributed by atoms with E-state index in [1.165, 1.54) is 12.8 Å². The Morgan fingerprint density at radius 1 is 1.27 bits per heavy atom. The molecule has 1 aromatic carbocycles. The number of carbonyl (C=O) groups is 1. The molecule has 26 heavy (non-hydrogen) atoms. The molecule has 1 saturated carbocycles. The van der Waals surface area contributed by atoms with Crippen LogP contribution in [-0.4, -0.2) is 21.0 Å². The molecule has 0 unspecified atom stereocenters. The monoisotopic (exact) mass is 348 g/mol. The van der Waals surface area contributed by atoms with Crippen molar-refractivity contribution in [1.82, 2.24) is 20.4 Å². The van der Waals surface area contributed by atoms with Crippen molar-refractivity contribution in [2.45, 2.75) is 38.1 Å². The zero-order chi connectivity index (χ0) is 17.9. The first-order chi connectivity index (χ1) is 12.7. The highest BCUT2D eigenvalue weighted by molar-refractivity contribution is 5.78. The Bertz CT molecular complexity index is 903. The maximum absolute atomic E-state index is 12.2. The largest absolute Gasteiger partial charge is 0.344 e. The van der Waals surface area contributed by atoms with E-state index in [9.17, 15) is 4.79 Å². The number of pyridine rings is 1. The van der Waals surface area contributed by atoms with E-state index < -0.39 is 0 Å². The molecule has 2 aromatic heterocycles. The van der Waals surface area contributed by atoms with Gasteiger partial charge in [0.2, 0.25) is 17.6 Å². The van der Waals surface area contributed by atoms with Crippen molar-refractivity contribution in [1.29, 1.82) is 0 Å². The summed E-state index contributed by atoms with van der Waals surface area (Å²) in [5.74, 6) is 1.40. The van der Waals surface area contributed by atoms with Crippen molar-refractivity contribution in [3.8, 4) is 11.4 Å². The lowest BCUT2D eigenvalue weighted by molar-refractivity contribution is -0.121. The fourth-order valence-electron chi connectivity index (χ4n) is 2.85. The summed E-state index contributed by atoms with van der Waals surface area (Å²) in [7, 11) is 0. The minimum atomic E-state index is -0.350. The van der Waals surface area contributed by atoms with Crippen LogP contribution < -0.4 is 5.32 Å². The summed E-state index contributed by atoms with van der Waals surface area (Å²) in [6, 6.07) is 13.2. The van der Waals surface area contributed by atoms with Gasteiger partial charge in [0, 0.05) is 23.4 Å². The molecule has 0 bridgehead atoms. The van der Waals surface area contributed by atoms with E-state index in [1.807, 2.05) is 49.4 Å². The normalized spacial score (nSPS) is 14.8. The van der Waals surface area contributed by atoms with E-state index in [1.54, 1.807) is 6.20 Å². The highest BCUT2D eigenvalue weighted by Crippen LogP contribution is 2.39. The SMILES string of the molecule is C[C@H](NC(=O)Cc1ccccc1)c1nc(-c2ccnc(C3CC3)c2)no1. The number of benzene rings is 1. The Labute approximate surface area is 151 Å². The van der Waals surface area contributed by atoms with Gasteiger partial charge in [0.25, 0.3) is 0 Å². The molecule has 0 radical (unpaired) electrons. The van der Waals surface area contributed by atoms with Crippen LogP contribution in [0.15, 0.2) is 53.2 Å². The lowest BCUT2D eigenvalue weighted by Crippen LogP contribution is -2.28. The Morgan fingerprint density at radius 2 is 2.08 bits per heavy atom. The van der Waals surface area contributed by atoms with Gasteiger partial charge in [-0.1, -0.05) is 35.5 Å². The average molecular weight is 348 g/mol. The highest BCUT2D eigenvalue weighted by Gasteiger charge is 2.25. The van der Waals surface area contributed by atoms with E-state index in [-0.39, 0.29) is 11.9 Å². The number of hydrogen-bond donors (Lipinski definition) is 1. The fourth-order valence-corrected chi connectivity index (χ4v) is 2.85. The van der Waals surface area contributed by atoms with E-state index in [0.29, 0.717) is 24.1 Å². The van der Waals surface area contributed by atoms with Gasteiger partial charge in [0.05, 0.1) is 6.42 Å². The molecule has 1 aliphatic carbocycles. The molecule has 6 nitrogen and oxygen atoms in total. The maximum Gasteiger partial charge on any atom is 0.249 e. The lowest BCUT2D eigenvalue weighted by Gasteiger charge is -2.09. The van der Waals surface area contributed by atoms with Crippen molar-refractivity contribution in [3.63, 3.8) is 0 Å². The molecule has 0 spiro atoms. The van der Waals surface area contributed by atoms with Crippen molar-refractivity contribution < 1.29 is 9.32 Å². The molecule has 1 amide bonds. The molecule has 0 aliphatic heterocycles. The summed E-state index contributed by atoms with van der Waals surface area (Å²) in [6.07, 6.45) is 4.49. The van der Waals surface area contributed by atoms with Gasteiger partial charge in [-0.2, -0.15) is 4.98 Å². The zero-order valence-corrected chi connectivity index (χ0v) is 14.6. The number of carbonyl (C=O) groups excluding carboxylic acids is 1. The quantitative estimate of drug-likeness (QED) is 0.738. The minimum absolute atomic E-state index is 0.0802. The van der Waals surface area contributed by atoms with Gasteiger partial charge in [0.1, 0.15) is 6.04 Å². The third-order valence-electron chi connectivity index (χ3n) is 4.43. The van der Waals surface area contributed by atoms with E-state index in [0.717, 1.165) is 16.8 Å². The first-order valence-electron chi connectivity index (χ1n) is 8.82. The summed E-state index contributed by atoms with van der Waals surface area (Å²) >= 11 is 0. The summed E-state index contributed by atoms with van der Waals surface area (Å²) in [4.78, 5) is 21.0.